The summed E-state index contributed by atoms with van der Waals surface area (Å²) in [5.74, 6) is 2.04. The van der Waals surface area contributed by atoms with Crippen LogP contribution in [0.3, 0.4) is 0 Å². The Kier molecular flexibility index (Phi) is 4.64. The van der Waals surface area contributed by atoms with E-state index in [1.54, 1.807) is 10.9 Å². The van der Waals surface area contributed by atoms with Gasteiger partial charge in [-0.25, -0.2) is 0 Å². The third-order valence-corrected chi connectivity index (χ3v) is 7.03. The average Bonchev–Trinajstić information content (AvgIpc) is 3.12. The fourth-order valence-corrected chi connectivity index (χ4v) is 6.23. The van der Waals surface area contributed by atoms with E-state index in [0.29, 0.717) is 12.2 Å². The third kappa shape index (κ3) is 3.80. The molecule has 0 atom stereocenters. The van der Waals surface area contributed by atoms with Crippen molar-refractivity contribution in [3.8, 4) is 0 Å². The maximum atomic E-state index is 13.0. The number of nitrogens with one attached hydrogen (secondary N) is 2. The molecule has 2 amide bonds. The number of rotatable bonds is 6. The van der Waals surface area contributed by atoms with Crippen molar-refractivity contribution in [1.29, 1.82) is 0 Å². The van der Waals surface area contributed by atoms with Crippen LogP contribution in [0.2, 0.25) is 0 Å². The summed E-state index contributed by atoms with van der Waals surface area (Å²) in [6, 6.07) is 10.1. The fraction of sp³-hybridized carbons (Fsp3) is 0.522. The second-order valence-corrected chi connectivity index (χ2v) is 9.34. The number of aromatic nitrogens is 2. The van der Waals surface area contributed by atoms with E-state index in [0.717, 1.165) is 42.6 Å². The Balaban J connectivity index is 1.13. The molecular weight excluding hydrogens is 364 g/mol. The predicted octanol–water partition coefficient (Wildman–Crippen LogP) is 3.20. The SMILES string of the molecule is O=C(CNC(=O)C12CC3CC(CC(C3)C1)C2)Nc1cnn(Cc2ccccc2)c1. The summed E-state index contributed by atoms with van der Waals surface area (Å²) in [5.41, 5.74) is 1.58. The highest BCUT2D eigenvalue weighted by Crippen LogP contribution is 2.60. The number of amides is 2. The van der Waals surface area contributed by atoms with Crippen LogP contribution in [0.25, 0.3) is 0 Å². The molecule has 4 saturated carbocycles. The van der Waals surface area contributed by atoms with Crippen molar-refractivity contribution < 1.29 is 9.59 Å². The Morgan fingerprint density at radius 3 is 2.34 bits per heavy atom. The minimum atomic E-state index is -0.213. The lowest BCUT2D eigenvalue weighted by Crippen LogP contribution is -2.54. The summed E-state index contributed by atoms with van der Waals surface area (Å²) in [6.45, 7) is 0.671. The van der Waals surface area contributed by atoms with Gasteiger partial charge in [-0.2, -0.15) is 5.10 Å². The molecule has 4 aliphatic rings. The van der Waals surface area contributed by atoms with Crippen molar-refractivity contribution in [1.82, 2.24) is 15.1 Å². The molecule has 0 radical (unpaired) electrons. The smallest absolute Gasteiger partial charge is 0.243 e. The highest BCUT2D eigenvalue weighted by atomic mass is 16.2. The molecule has 0 spiro atoms. The Hall–Kier alpha value is -2.63. The molecule has 1 heterocycles. The summed E-state index contributed by atoms with van der Waals surface area (Å²) in [5, 5.41) is 10.1. The van der Waals surface area contributed by atoms with Gasteiger partial charge in [-0.3, -0.25) is 14.3 Å². The maximum absolute atomic E-state index is 13.0. The van der Waals surface area contributed by atoms with E-state index in [9.17, 15) is 9.59 Å². The molecule has 6 nitrogen and oxygen atoms in total. The first kappa shape index (κ1) is 18.4. The third-order valence-electron chi connectivity index (χ3n) is 7.03. The number of benzene rings is 1. The first-order chi connectivity index (χ1) is 14.1. The topological polar surface area (TPSA) is 76.0 Å². The molecule has 0 unspecified atom stereocenters. The van der Waals surface area contributed by atoms with Crippen molar-refractivity contribution in [3.63, 3.8) is 0 Å². The van der Waals surface area contributed by atoms with Gasteiger partial charge < -0.3 is 10.6 Å². The highest BCUT2D eigenvalue weighted by molar-refractivity contribution is 5.95. The van der Waals surface area contributed by atoms with Crippen LogP contribution in [-0.4, -0.2) is 28.1 Å². The van der Waals surface area contributed by atoms with E-state index < -0.39 is 0 Å². The van der Waals surface area contributed by atoms with Crippen LogP contribution in [0, 0.1) is 23.2 Å². The monoisotopic (exact) mass is 392 g/mol. The lowest BCUT2D eigenvalue weighted by Gasteiger charge is -2.55. The molecule has 6 heteroatoms. The van der Waals surface area contributed by atoms with E-state index >= 15 is 0 Å². The lowest BCUT2D eigenvalue weighted by molar-refractivity contribution is -0.146. The molecule has 2 N–H and O–H groups in total. The van der Waals surface area contributed by atoms with Gasteiger partial charge in [0.25, 0.3) is 0 Å². The molecule has 1 aromatic carbocycles. The first-order valence-electron chi connectivity index (χ1n) is 10.7. The van der Waals surface area contributed by atoms with Gasteiger partial charge in [0.2, 0.25) is 11.8 Å². The number of carbonyl (C=O) groups is 2. The molecule has 29 heavy (non-hydrogen) atoms. The lowest BCUT2D eigenvalue weighted by atomic mass is 9.49. The zero-order valence-electron chi connectivity index (χ0n) is 16.6. The van der Waals surface area contributed by atoms with Crippen LogP contribution in [0.5, 0.6) is 0 Å². The quantitative estimate of drug-likeness (QED) is 0.793. The summed E-state index contributed by atoms with van der Waals surface area (Å²) < 4.78 is 1.79. The zero-order valence-corrected chi connectivity index (χ0v) is 16.6. The highest BCUT2D eigenvalue weighted by Gasteiger charge is 2.54. The van der Waals surface area contributed by atoms with Crippen molar-refractivity contribution >= 4 is 17.5 Å². The molecule has 1 aromatic heterocycles. The van der Waals surface area contributed by atoms with Crippen LogP contribution in [0.4, 0.5) is 5.69 Å². The van der Waals surface area contributed by atoms with Gasteiger partial charge in [0.15, 0.2) is 0 Å². The van der Waals surface area contributed by atoms with E-state index in [-0.39, 0.29) is 23.8 Å². The Morgan fingerprint density at radius 1 is 1.03 bits per heavy atom. The van der Waals surface area contributed by atoms with Gasteiger partial charge >= 0.3 is 0 Å². The Morgan fingerprint density at radius 2 is 1.69 bits per heavy atom. The second-order valence-electron chi connectivity index (χ2n) is 9.34. The van der Waals surface area contributed by atoms with Gasteiger partial charge in [-0.1, -0.05) is 30.3 Å². The number of hydrogen-bond acceptors (Lipinski definition) is 3. The largest absolute Gasteiger partial charge is 0.347 e. The summed E-state index contributed by atoms with van der Waals surface area (Å²) in [6.07, 6.45) is 10.4. The number of carbonyl (C=O) groups excluding carboxylic acids is 2. The van der Waals surface area contributed by atoms with Crippen LogP contribution in [0.15, 0.2) is 42.7 Å². The molecular formula is C23H28N4O2. The van der Waals surface area contributed by atoms with Crippen molar-refractivity contribution in [2.24, 2.45) is 23.2 Å². The molecule has 152 valence electrons. The van der Waals surface area contributed by atoms with Crippen LogP contribution < -0.4 is 10.6 Å². The van der Waals surface area contributed by atoms with Crippen LogP contribution in [-0.2, 0) is 16.1 Å². The number of hydrogen-bond donors (Lipinski definition) is 2. The van der Waals surface area contributed by atoms with E-state index in [1.807, 2.05) is 36.5 Å². The first-order valence-corrected chi connectivity index (χ1v) is 10.7. The van der Waals surface area contributed by atoms with Crippen LogP contribution in [0.1, 0.15) is 44.1 Å². The Bertz CT molecular complexity index is 869. The molecule has 0 aliphatic heterocycles. The van der Waals surface area contributed by atoms with Gasteiger partial charge in [0.05, 0.1) is 25.0 Å². The minimum absolute atomic E-state index is 0.0183. The molecule has 4 bridgehead atoms. The summed E-state index contributed by atoms with van der Waals surface area (Å²) in [7, 11) is 0. The molecule has 2 aromatic rings. The van der Waals surface area contributed by atoms with E-state index in [2.05, 4.69) is 15.7 Å². The fourth-order valence-electron chi connectivity index (χ4n) is 6.23. The van der Waals surface area contributed by atoms with Crippen molar-refractivity contribution in [2.45, 2.75) is 45.1 Å². The normalized spacial score (nSPS) is 29.6. The molecule has 6 rings (SSSR count). The minimum Gasteiger partial charge on any atom is -0.347 e. The Labute approximate surface area is 171 Å². The van der Waals surface area contributed by atoms with Gasteiger partial charge in [0, 0.05) is 11.6 Å². The molecule has 0 saturated heterocycles. The average molecular weight is 393 g/mol. The van der Waals surface area contributed by atoms with E-state index in [4.69, 9.17) is 0 Å². The van der Waals surface area contributed by atoms with Crippen LogP contribution >= 0.6 is 0 Å². The molecule has 4 fully saturated rings. The second kappa shape index (κ2) is 7.32. The summed E-state index contributed by atoms with van der Waals surface area (Å²) in [4.78, 5) is 25.3. The predicted molar refractivity (Wildman–Crippen MR) is 110 cm³/mol. The van der Waals surface area contributed by atoms with Gasteiger partial charge in [-0.05, 0) is 61.8 Å². The van der Waals surface area contributed by atoms with E-state index in [1.165, 1.54) is 19.3 Å². The van der Waals surface area contributed by atoms with Gasteiger partial charge in [-0.15, -0.1) is 0 Å². The van der Waals surface area contributed by atoms with Gasteiger partial charge in [0.1, 0.15) is 0 Å². The zero-order chi connectivity index (χ0) is 19.8. The molecule has 4 aliphatic carbocycles. The summed E-state index contributed by atoms with van der Waals surface area (Å²) >= 11 is 0. The van der Waals surface area contributed by atoms with Crippen molar-refractivity contribution in [3.05, 3.63) is 48.3 Å². The number of nitrogens with zero attached hydrogens (tertiary/aromatic N) is 2. The number of anilines is 1. The maximum Gasteiger partial charge on any atom is 0.243 e. The standard InChI is InChI=1S/C23H28N4O2/c28-21(26-20-12-25-27(15-20)14-16-4-2-1-3-5-16)13-24-22(29)23-9-17-6-18(10-23)8-19(7-17)11-23/h1-5,12,15,17-19H,6-11,13-14H2,(H,24,29)(H,26,28). The van der Waals surface area contributed by atoms with Crippen molar-refractivity contribution in [2.75, 3.05) is 11.9 Å².